The highest BCUT2D eigenvalue weighted by molar-refractivity contribution is 5.54. The number of hydrogen-bond acceptors (Lipinski definition) is 6. The minimum Gasteiger partial charge on any atom is -0.381 e. The van der Waals surface area contributed by atoms with Crippen LogP contribution in [0, 0.1) is 40.0 Å². The third kappa shape index (κ3) is 3.99. The lowest BCUT2D eigenvalue weighted by Gasteiger charge is -2.49. The summed E-state index contributed by atoms with van der Waals surface area (Å²) in [6.45, 7) is 1.53. The van der Waals surface area contributed by atoms with Crippen molar-refractivity contribution in [1.29, 1.82) is 5.26 Å². The molecule has 0 radical (unpaired) electrons. The summed E-state index contributed by atoms with van der Waals surface area (Å²) in [7, 11) is 0. The maximum Gasteiger partial charge on any atom is 0.339 e. The number of hydrogen-bond donors (Lipinski definition) is 0. The quantitative estimate of drug-likeness (QED) is 0.285. The van der Waals surface area contributed by atoms with Gasteiger partial charge in [-0.15, -0.1) is 0 Å². The van der Waals surface area contributed by atoms with Gasteiger partial charge in [0.05, 0.1) is 24.4 Å². The number of halogens is 4. The van der Waals surface area contributed by atoms with Gasteiger partial charge in [0.15, 0.2) is 17.5 Å². The van der Waals surface area contributed by atoms with E-state index in [4.69, 9.17) is 4.74 Å². The van der Waals surface area contributed by atoms with Crippen LogP contribution in [-0.4, -0.2) is 44.8 Å². The molecule has 0 amide bonds. The molecule has 39 heavy (non-hydrogen) atoms. The number of nitriles is 1. The maximum atomic E-state index is 14.1. The highest BCUT2D eigenvalue weighted by Gasteiger charge is 2.47. The van der Waals surface area contributed by atoms with E-state index >= 15 is 0 Å². The van der Waals surface area contributed by atoms with Gasteiger partial charge in [-0.05, 0) is 30.2 Å². The second kappa shape index (κ2) is 9.09. The van der Waals surface area contributed by atoms with Gasteiger partial charge in [0, 0.05) is 43.8 Å². The van der Waals surface area contributed by atoms with Crippen molar-refractivity contribution in [1.82, 2.24) is 18.5 Å². The maximum absolute atomic E-state index is 14.1. The number of ether oxygens (including phenoxy) is 1. The van der Waals surface area contributed by atoms with Crippen molar-refractivity contribution >= 4 is 11.5 Å². The smallest absolute Gasteiger partial charge is 0.339 e. The SMILES string of the molecule is N#CCn1c(N2CC3(CCOC3)C2)c(Cc2cc(F)c(F)c(F)c2)c(=O)n(-c2cnc3cc(F)ccn23)c1=O. The minimum atomic E-state index is -1.64. The van der Waals surface area contributed by atoms with Crippen LogP contribution in [0.3, 0.4) is 0 Å². The minimum absolute atomic E-state index is 0.0137. The van der Waals surface area contributed by atoms with Crippen LogP contribution in [0.15, 0.2) is 46.2 Å². The number of pyridine rings is 1. The lowest BCUT2D eigenvalue weighted by Crippen LogP contribution is -2.59. The third-order valence-corrected chi connectivity index (χ3v) is 7.28. The Morgan fingerprint density at radius 1 is 1.10 bits per heavy atom. The fourth-order valence-electron chi connectivity index (χ4n) is 5.46. The van der Waals surface area contributed by atoms with Gasteiger partial charge in [0.1, 0.15) is 29.6 Å². The molecule has 0 N–H and O–H groups in total. The molecule has 0 saturated carbocycles. The second-order valence-electron chi connectivity index (χ2n) is 9.87. The van der Waals surface area contributed by atoms with Crippen LogP contribution >= 0.6 is 0 Å². The van der Waals surface area contributed by atoms with Gasteiger partial charge in [0.2, 0.25) is 0 Å². The Balaban J connectivity index is 1.59. The standard InChI is InChI=1S/C26H20F4N6O3/c27-16-1-4-34-20(10-16)32-11-21(34)36-24(37)17(7-15-8-18(28)22(30)19(29)9-15)23(35(5-3-31)25(36)38)33-12-26(13-33)2-6-39-14-26/h1,4,8-11H,2,5-7,12-14H2. The Morgan fingerprint density at radius 3 is 2.51 bits per heavy atom. The van der Waals surface area contributed by atoms with Gasteiger partial charge in [-0.1, -0.05) is 0 Å². The monoisotopic (exact) mass is 540 g/mol. The number of benzene rings is 1. The van der Waals surface area contributed by atoms with Gasteiger partial charge in [-0.2, -0.15) is 5.26 Å². The molecule has 1 spiro atoms. The highest BCUT2D eigenvalue weighted by Crippen LogP contribution is 2.41. The lowest BCUT2D eigenvalue weighted by molar-refractivity contribution is 0.130. The van der Waals surface area contributed by atoms with E-state index in [-0.39, 0.29) is 40.2 Å². The Kier molecular flexibility index (Phi) is 5.80. The van der Waals surface area contributed by atoms with E-state index in [2.05, 4.69) is 4.98 Å². The number of imidazole rings is 1. The van der Waals surface area contributed by atoms with Crippen molar-refractivity contribution in [2.75, 3.05) is 31.2 Å². The van der Waals surface area contributed by atoms with Crippen LogP contribution in [0.5, 0.6) is 0 Å². The van der Waals surface area contributed by atoms with Gasteiger partial charge < -0.3 is 9.64 Å². The molecule has 4 aromatic rings. The van der Waals surface area contributed by atoms with Crippen molar-refractivity contribution in [3.05, 3.63) is 91.9 Å². The number of rotatable bonds is 5. The van der Waals surface area contributed by atoms with Gasteiger partial charge in [-0.25, -0.2) is 31.9 Å². The summed E-state index contributed by atoms with van der Waals surface area (Å²) >= 11 is 0. The number of nitrogens with zero attached hydrogens (tertiary/aromatic N) is 6. The molecule has 6 rings (SSSR count). The second-order valence-corrected chi connectivity index (χ2v) is 9.87. The van der Waals surface area contributed by atoms with Crippen molar-refractivity contribution in [3.63, 3.8) is 0 Å². The zero-order valence-electron chi connectivity index (χ0n) is 20.3. The van der Waals surface area contributed by atoms with Crippen molar-refractivity contribution in [2.24, 2.45) is 5.41 Å². The topological polar surface area (TPSA) is 97.6 Å². The number of anilines is 1. The van der Waals surface area contributed by atoms with Gasteiger partial charge >= 0.3 is 5.69 Å². The molecule has 2 fully saturated rings. The molecule has 2 aliphatic rings. The van der Waals surface area contributed by atoms with E-state index in [9.17, 15) is 32.4 Å². The van der Waals surface area contributed by atoms with Crippen LogP contribution in [0.25, 0.3) is 11.5 Å². The molecule has 2 aliphatic heterocycles. The van der Waals surface area contributed by atoms with Crippen molar-refractivity contribution in [2.45, 2.75) is 19.4 Å². The average Bonchev–Trinajstić information content (AvgIpc) is 3.53. The number of aromatic nitrogens is 4. The molecule has 200 valence electrons. The first-order chi connectivity index (χ1) is 18.7. The molecule has 0 aliphatic carbocycles. The fourth-order valence-corrected chi connectivity index (χ4v) is 5.46. The Bertz CT molecular complexity index is 1770. The molecule has 2 saturated heterocycles. The van der Waals surface area contributed by atoms with Crippen molar-refractivity contribution < 1.29 is 22.3 Å². The predicted octanol–water partition coefficient (Wildman–Crippen LogP) is 2.54. The largest absolute Gasteiger partial charge is 0.381 e. The Labute approximate surface area is 217 Å². The first kappa shape index (κ1) is 24.9. The summed E-state index contributed by atoms with van der Waals surface area (Å²) < 4.78 is 64.4. The molecule has 3 aromatic heterocycles. The Hall–Kier alpha value is -4.44. The molecule has 1 aromatic carbocycles. The summed E-state index contributed by atoms with van der Waals surface area (Å²) in [5.41, 5.74) is -1.77. The van der Waals surface area contributed by atoms with Gasteiger partial charge in [-0.3, -0.25) is 13.8 Å². The van der Waals surface area contributed by atoms with Crippen LogP contribution in [-0.2, 0) is 17.7 Å². The molecule has 9 nitrogen and oxygen atoms in total. The van der Waals surface area contributed by atoms with Crippen LogP contribution in [0.1, 0.15) is 17.5 Å². The molecular formula is C26H20F4N6O3. The lowest BCUT2D eigenvalue weighted by atomic mass is 9.79. The van der Waals surface area contributed by atoms with Crippen LogP contribution < -0.4 is 16.1 Å². The van der Waals surface area contributed by atoms with E-state index in [0.29, 0.717) is 26.3 Å². The fraction of sp³-hybridized carbons (Fsp3) is 0.308. The van der Waals surface area contributed by atoms with E-state index in [1.165, 1.54) is 16.8 Å². The summed E-state index contributed by atoms with van der Waals surface area (Å²) in [6, 6.07) is 5.74. The van der Waals surface area contributed by atoms with E-state index in [1.807, 2.05) is 6.07 Å². The Morgan fingerprint density at radius 2 is 1.85 bits per heavy atom. The molecular weight excluding hydrogens is 520 g/mol. The summed E-state index contributed by atoms with van der Waals surface area (Å²) in [4.78, 5) is 33.6. The average molecular weight is 540 g/mol. The predicted molar refractivity (Wildman–Crippen MR) is 130 cm³/mol. The molecule has 0 unspecified atom stereocenters. The highest BCUT2D eigenvalue weighted by atomic mass is 19.2. The molecule has 13 heteroatoms. The first-order valence-corrected chi connectivity index (χ1v) is 12.1. The third-order valence-electron chi connectivity index (χ3n) is 7.28. The van der Waals surface area contributed by atoms with Gasteiger partial charge in [0.25, 0.3) is 5.56 Å². The van der Waals surface area contributed by atoms with E-state index < -0.39 is 41.1 Å². The molecule has 0 bridgehead atoms. The zero-order valence-corrected chi connectivity index (χ0v) is 20.3. The summed E-state index contributed by atoms with van der Waals surface area (Å²) in [5, 5.41) is 9.59. The normalized spacial score (nSPS) is 16.1. The summed E-state index contributed by atoms with van der Waals surface area (Å²) in [6.07, 6.45) is 2.93. The summed E-state index contributed by atoms with van der Waals surface area (Å²) in [5.74, 6) is -4.94. The van der Waals surface area contributed by atoms with E-state index in [1.54, 1.807) is 4.90 Å². The van der Waals surface area contributed by atoms with Crippen LogP contribution in [0.4, 0.5) is 23.4 Å². The number of fused-ring (bicyclic) bond motifs is 1. The van der Waals surface area contributed by atoms with Crippen LogP contribution in [0.2, 0.25) is 0 Å². The molecule has 0 atom stereocenters. The van der Waals surface area contributed by atoms with Crippen molar-refractivity contribution in [3.8, 4) is 11.9 Å². The van der Waals surface area contributed by atoms with E-state index in [0.717, 1.165) is 39.8 Å². The first-order valence-electron chi connectivity index (χ1n) is 12.1. The molecule has 5 heterocycles. The zero-order chi connectivity index (χ0) is 27.5.